The molecule has 0 fully saturated rings. The van der Waals surface area contributed by atoms with Crippen LogP contribution < -0.4 is 15.4 Å². The molecule has 3 N–H and O–H groups in total. The Labute approximate surface area is 193 Å². The van der Waals surface area contributed by atoms with Crippen LogP contribution >= 0.6 is 35.4 Å². The molecule has 0 bridgehead atoms. The standard InChI is InChI=1S/C22H16Cl2N2O4S/c23-17-11-18(24)19(10-16(17)21(28)29)25-22(31)26-20(27)14-6-8-15(9-7-14)30-12-13-4-2-1-3-5-13/h1-11H,12H2,(H,28,29)(H2,25,26,27,31). The van der Waals surface area contributed by atoms with E-state index in [1.807, 2.05) is 30.3 Å². The first kappa shape index (κ1) is 22.6. The van der Waals surface area contributed by atoms with Crippen LogP contribution in [0.25, 0.3) is 0 Å². The number of carboxylic acid groups (broad SMARTS) is 1. The first-order valence-corrected chi connectivity index (χ1v) is 10.1. The average Bonchev–Trinajstić information content (AvgIpc) is 2.75. The second-order valence-corrected chi connectivity index (χ2v) is 7.55. The molecule has 6 nitrogen and oxygen atoms in total. The molecule has 1 amide bonds. The maximum absolute atomic E-state index is 12.4. The van der Waals surface area contributed by atoms with Crippen molar-refractivity contribution in [3.05, 3.63) is 93.5 Å². The number of carbonyl (C=O) groups excluding carboxylic acids is 1. The molecule has 31 heavy (non-hydrogen) atoms. The van der Waals surface area contributed by atoms with Gasteiger partial charge in [-0.25, -0.2) is 4.79 Å². The minimum Gasteiger partial charge on any atom is -0.489 e. The molecular weight excluding hydrogens is 459 g/mol. The smallest absolute Gasteiger partial charge is 0.337 e. The number of ether oxygens (including phenoxy) is 1. The summed E-state index contributed by atoms with van der Waals surface area (Å²) in [4.78, 5) is 23.6. The molecule has 3 aromatic carbocycles. The number of nitrogens with one attached hydrogen (secondary N) is 2. The molecule has 0 spiro atoms. The molecule has 0 unspecified atom stereocenters. The Bertz CT molecular complexity index is 1120. The molecule has 3 rings (SSSR count). The minimum atomic E-state index is -1.21. The van der Waals surface area contributed by atoms with Crippen molar-refractivity contribution >= 4 is 58.1 Å². The van der Waals surface area contributed by atoms with Crippen LogP contribution in [0.2, 0.25) is 10.0 Å². The van der Waals surface area contributed by atoms with E-state index in [0.717, 1.165) is 5.56 Å². The van der Waals surface area contributed by atoms with E-state index in [1.54, 1.807) is 24.3 Å². The zero-order chi connectivity index (χ0) is 22.4. The predicted molar refractivity (Wildman–Crippen MR) is 124 cm³/mol. The summed E-state index contributed by atoms with van der Waals surface area (Å²) in [6.07, 6.45) is 0. The lowest BCUT2D eigenvalue weighted by atomic mass is 10.2. The third-order valence-electron chi connectivity index (χ3n) is 4.13. The topological polar surface area (TPSA) is 87.7 Å². The van der Waals surface area contributed by atoms with Gasteiger partial charge in [0.2, 0.25) is 0 Å². The number of amides is 1. The average molecular weight is 475 g/mol. The van der Waals surface area contributed by atoms with Crippen molar-refractivity contribution in [2.24, 2.45) is 0 Å². The number of carbonyl (C=O) groups is 2. The van der Waals surface area contributed by atoms with E-state index in [2.05, 4.69) is 10.6 Å². The van der Waals surface area contributed by atoms with Crippen molar-refractivity contribution in [1.29, 1.82) is 0 Å². The Morgan fingerprint density at radius 1 is 0.968 bits per heavy atom. The summed E-state index contributed by atoms with van der Waals surface area (Å²) in [6.45, 7) is 0.417. The van der Waals surface area contributed by atoms with Crippen LogP contribution in [-0.4, -0.2) is 22.1 Å². The van der Waals surface area contributed by atoms with Gasteiger partial charge in [0.05, 0.1) is 21.3 Å². The Morgan fingerprint density at radius 2 is 1.65 bits per heavy atom. The Morgan fingerprint density at radius 3 is 2.29 bits per heavy atom. The Hall–Kier alpha value is -3.13. The molecule has 0 aromatic heterocycles. The number of hydrogen-bond donors (Lipinski definition) is 3. The minimum absolute atomic E-state index is 0.00687. The second-order valence-electron chi connectivity index (χ2n) is 6.32. The number of halogens is 2. The second kappa shape index (κ2) is 10.3. The summed E-state index contributed by atoms with van der Waals surface area (Å²) in [5.41, 5.74) is 1.46. The van der Waals surface area contributed by atoms with E-state index in [4.69, 9.17) is 45.3 Å². The van der Waals surface area contributed by atoms with E-state index in [0.29, 0.717) is 17.9 Å². The number of rotatable bonds is 6. The van der Waals surface area contributed by atoms with Gasteiger partial charge in [-0.05, 0) is 54.2 Å². The highest BCUT2D eigenvalue weighted by atomic mass is 35.5. The summed E-state index contributed by atoms with van der Waals surface area (Å²) in [5, 5.41) is 14.5. The molecule has 0 atom stereocenters. The van der Waals surface area contributed by atoms with Gasteiger partial charge in [0.25, 0.3) is 5.91 Å². The molecule has 158 valence electrons. The quantitative estimate of drug-likeness (QED) is 0.414. The number of hydrogen-bond acceptors (Lipinski definition) is 4. The van der Waals surface area contributed by atoms with Crippen LogP contribution in [0.5, 0.6) is 5.75 Å². The fourth-order valence-electron chi connectivity index (χ4n) is 2.58. The summed E-state index contributed by atoms with van der Waals surface area (Å²) >= 11 is 17.1. The monoisotopic (exact) mass is 474 g/mol. The number of anilines is 1. The fourth-order valence-corrected chi connectivity index (χ4v) is 3.29. The van der Waals surface area contributed by atoms with Crippen LogP contribution in [0.3, 0.4) is 0 Å². The van der Waals surface area contributed by atoms with Gasteiger partial charge in [0, 0.05) is 5.56 Å². The molecule has 3 aromatic rings. The van der Waals surface area contributed by atoms with Crippen molar-refractivity contribution in [1.82, 2.24) is 5.32 Å². The first-order chi connectivity index (χ1) is 14.8. The van der Waals surface area contributed by atoms with Gasteiger partial charge in [-0.3, -0.25) is 10.1 Å². The van der Waals surface area contributed by atoms with Crippen LogP contribution in [0.15, 0.2) is 66.7 Å². The fraction of sp³-hybridized carbons (Fsp3) is 0.0455. The largest absolute Gasteiger partial charge is 0.489 e. The molecule has 9 heteroatoms. The van der Waals surface area contributed by atoms with Crippen LogP contribution in [0.4, 0.5) is 5.69 Å². The maximum Gasteiger partial charge on any atom is 0.337 e. The predicted octanol–water partition coefficient (Wildman–Crippen LogP) is 5.40. The van der Waals surface area contributed by atoms with Gasteiger partial charge in [-0.1, -0.05) is 53.5 Å². The van der Waals surface area contributed by atoms with Crippen molar-refractivity contribution in [2.75, 3.05) is 5.32 Å². The highest BCUT2D eigenvalue weighted by molar-refractivity contribution is 7.80. The molecule has 0 aliphatic carbocycles. The summed E-state index contributed by atoms with van der Waals surface area (Å²) in [7, 11) is 0. The SMILES string of the molecule is O=C(NC(=S)Nc1cc(C(=O)O)c(Cl)cc1Cl)c1ccc(OCc2ccccc2)cc1. The van der Waals surface area contributed by atoms with E-state index >= 15 is 0 Å². The van der Waals surface area contributed by atoms with Crippen LogP contribution in [0, 0.1) is 0 Å². The summed E-state index contributed by atoms with van der Waals surface area (Å²) < 4.78 is 5.70. The zero-order valence-corrected chi connectivity index (χ0v) is 18.2. The van der Waals surface area contributed by atoms with E-state index in [1.165, 1.54) is 12.1 Å². The number of thiocarbonyl (C=S) groups is 1. The van der Waals surface area contributed by atoms with E-state index in [-0.39, 0.29) is 26.4 Å². The molecular formula is C22H16Cl2N2O4S. The lowest BCUT2D eigenvalue weighted by Crippen LogP contribution is -2.34. The summed E-state index contributed by atoms with van der Waals surface area (Å²) in [5.74, 6) is -1.04. The van der Waals surface area contributed by atoms with Crippen LogP contribution in [-0.2, 0) is 6.61 Å². The first-order valence-electron chi connectivity index (χ1n) is 8.95. The Kier molecular flexibility index (Phi) is 7.46. The lowest BCUT2D eigenvalue weighted by molar-refractivity contribution is 0.0697. The van der Waals surface area contributed by atoms with Gasteiger partial charge in [0.15, 0.2) is 5.11 Å². The molecule has 0 aliphatic rings. The molecule has 0 saturated heterocycles. The lowest BCUT2D eigenvalue weighted by Gasteiger charge is -2.13. The van der Waals surface area contributed by atoms with Gasteiger partial charge < -0.3 is 15.2 Å². The van der Waals surface area contributed by atoms with Crippen LogP contribution in [0.1, 0.15) is 26.3 Å². The molecule has 0 heterocycles. The van der Waals surface area contributed by atoms with Crippen molar-refractivity contribution in [3.63, 3.8) is 0 Å². The van der Waals surface area contributed by atoms with Crippen molar-refractivity contribution in [2.45, 2.75) is 6.61 Å². The maximum atomic E-state index is 12.4. The van der Waals surface area contributed by atoms with Gasteiger partial charge >= 0.3 is 5.97 Å². The zero-order valence-electron chi connectivity index (χ0n) is 15.9. The number of aromatic carboxylic acids is 1. The van der Waals surface area contributed by atoms with Gasteiger partial charge in [0.1, 0.15) is 12.4 Å². The van der Waals surface area contributed by atoms with Crippen molar-refractivity contribution < 1.29 is 19.4 Å². The molecule has 0 radical (unpaired) electrons. The van der Waals surface area contributed by atoms with Gasteiger partial charge in [-0.15, -0.1) is 0 Å². The normalized spacial score (nSPS) is 10.3. The summed E-state index contributed by atoms with van der Waals surface area (Å²) in [6, 6.07) is 18.8. The van der Waals surface area contributed by atoms with Crippen molar-refractivity contribution in [3.8, 4) is 5.75 Å². The molecule has 0 aliphatic heterocycles. The highest BCUT2D eigenvalue weighted by Crippen LogP contribution is 2.29. The third-order valence-corrected chi connectivity index (χ3v) is 4.96. The van der Waals surface area contributed by atoms with E-state index < -0.39 is 11.9 Å². The number of benzene rings is 3. The molecule has 0 saturated carbocycles. The van der Waals surface area contributed by atoms with E-state index in [9.17, 15) is 9.59 Å². The number of carboxylic acids is 1. The third kappa shape index (κ3) is 6.18. The van der Waals surface area contributed by atoms with Gasteiger partial charge in [-0.2, -0.15) is 0 Å². The Balaban J connectivity index is 1.59. The highest BCUT2D eigenvalue weighted by Gasteiger charge is 2.15.